The third-order valence-electron chi connectivity index (χ3n) is 4.78. The molecule has 1 N–H and O–H groups in total. The maximum Gasteiger partial charge on any atom is 0.255 e. The van der Waals surface area contributed by atoms with Crippen molar-refractivity contribution < 1.29 is 18.7 Å². The lowest BCUT2D eigenvalue weighted by Gasteiger charge is -2.35. The van der Waals surface area contributed by atoms with Crippen LogP contribution in [0.5, 0.6) is 5.75 Å². The molecular weight excluding hydrogens is 347 g/mol. The van der Waals surface area contributed by atoms with Crippen LogP contribution in [0, 0.1) is 12.7 Å². The van der Waals surface area contributed by atoms with Crippen LogP contribution in [0.1, 0.15) is 27.5 Å². The number of benzene rings is 2. The van der Waals surface area contributed by atoms with Gasteiger partial charge in [-0.15, -0.1) is 0 Å². The molecule has 1 aliphatic rings. The number of morpholine rings is 1. The van der Waals surface area contributed by atoms with Gasteiger partial charge in [-0.05, 0) is 36.8 Å². The van der Waals surface area contributed by atoms with Gasteiger partial charge in [0.2, 0.25) is 0 Å². The van der Waals surface area contributed by atoms with Crippen molar-refractivity contribution >= 4 is 5.91 Å². The van der Waals surface area contributed by atoms with Crippen molar-refractivity contribution in [1.82, 2.24) is 10.2 Å². The molecule has 1 unspecified atom stereocenters. The molecule has 0 aromatic heterocycles. The number of methoxy groups -OCH3 is 1. The van der Waals surface area contributed by atoms with Crippen LogP contribution in [-0.4, -0.2) is 50.8 Å². The number of nitrogens with one attached hydrogen (secondary N) is 1. The normalized spacial score (nSPS) is 16.0. The molecule has 0 aliphatic carbocycles. The average Bonchev–Trinajstić information content (AvgIpc) is 2.69. The predicted molar refractivity (Wildman–Crippen MR) is 102 cm³/mol. The summed E-state index contributed by atoms with van der Waals surface area (Å²) in [5.41, 5.74) is 2.32. The molecule has 1 atom stereocenters. The molecular formula is C21H25FN2O3. The number of nitrogens with zero attached hydrogens (tertiary/aromatic N) is 1. The number of halogens is 1. The fraction of sp³-hybridized carbons (Fsp3) is 0.381. The molecule has 2 aromatic rings. The van der Waals surface area contributed by atoms with Gasteiger partial charge in [0, 0.05) is 19.6 Å². The minimum Gasteiger partial charge on any atom is -0.496 e. The van der Waals surface area contributed by atoms with E-state index in [1.807, 2.05) is 19.1 Å². The second-order valence-corrected chi connectivity index (χ2v) is 6.63. The lowest BCUT2D eigenvalue weighted by molar-refractivity contribution is 0.0161. The average molecular weight is 372 g/mol. The van der Waals surface area contributed by atoms with E-state index in [1.165, 1.54) is 12.1 Å². The third kappa shape index (κ3) is 4.84. The molecule has 1 heterocycles. The monoisotopic (exact) mass is 372 g/mol. The molecule has 1 amide bonds. The summed E-state index contributed by atoms with van der Waals surface area (Å²) in [6.45, 7) is 5.05. The van der Waals surface area contributed by atoms with Gasteiger partial charge < -0.3 is 14.8 Å². The van der Waals surface area contributed by atoms with E-state index in [4.69, 9.17) is 9.47 Å². The quantitative estimate of drug-likeness (QED) is 0.847. The van der Waals surface area contributed by atoms with Crippen LogP contribution in [0.15, 0.2) is 42.5 Å². The van der Waals surface area contributed by atoms with E-state index in [2.05, 4.69) is 10.2 Å². The molecule has 0 bridgehead atoms. The van der Waals surface area contributed by atoms with Crippen LogP contribution in [0.4, 0.5) is 4.39 Å². The van der Waals surface area contributed by atoms with Gasteiger partial charge >= 0.3 is 0 Å². The smallest absolute Gasteiger partial charge is 0.255 e. The second kappa shape index (κ2) is 8.97. The first kappa shape index (κ1) is 19.3. The Bertz CT molecular complexity index is 791. The first-order valence-corrected chi connectivity index (χ1v) is 9.08. The molecule has 1 aliphatic heterocycles. The van der Waals surface area contributed by atoms with E-state index >= 15 is 0 Å². The van der Waals surface area contributed by atoms with Gasteiger partial charge in [0.15, 0.2) is 0 Å². The van der Waals surface area contributed by atoms with Crippen molar-refractivity contribution in [2.24, 2.45) is 0 Å². The van der Waals surface area contributed by atoms with Gasteiger partial charge in [0.1, 0.15) is 11.6 Å². The van der Waals surface area contributed by atoms with Gasteiger partial charge in [-0.2, -0.15) is 0 Å². The summed E-state index contributed by atoms with van der Waals surface area (Å²) < 4.78 is 24.5. The number of hydrogen-bond donors (Lipinski definition) is 1. The van der Waals surface area contributed by atoms with Crippen molar-refractivity contribution in [2.45, 2.75) is 13.0 Å². The molecule has 0 saturated carbocycles. The number of aryl methyl sites for hydroxylation is 1. The zero-order chi connectivity index (χ0) is 19.2. The van der Waals surface area contributed by atoms with Gasteiger partial charge in [0.05, 0.1) is 31.9 Å². The Kier molecular flexibility index (Phi) is 6.42. The Morgan fingerprint density at radius 1 is 1.26 bits per heavy atom. The summed E-state index contributed by atoms with van der Waals surface area (Å²) in [7, 11) is 1.55. The molecule has 27 heavy (non-hydrogen) atoms. The van der Waals surface area contributed by atoms with E-state index < -0.39 is 0 Å². The standard InChI is InChI=1S/C21H25FN2O3/c1-15-6-7-20(26-2)18(12-15)21(25)23-14-19(24-8-10-27-11-9-24)16-4-3-5-17(22)13-16/h3-7,12-13,19H,8-11,14H2,1-2H3,(H,23,25). The molecule has 0 spiro atoms. The first-order chi connectivity index (χ1) is 13.1. The van der Waals surface area contributed by atoms with Crippen LogP contribution >= 0.6 is 0 Å². The third-order valence-corrected chi connectivity index (χ3v) is 4.78. The Morgan fingerprint density at radius 3 is 2.74 bits per heavy atom. The van der Waals surface area contributed by atoms with Gasteiger partial charge in [0.25, 0.3) is 5.91 Å². The SMILES string of the molecule is COc1ccc(C)cc1C(=O)NCC(c1cccc(F)c1)N1CCOCC1. The zero-order valence-electron chi connectivity index (χ0n) is 15.7. The van der Waals surface area contributed by atoms with Crippen LogP contribution in [0.3, 0.4) is 0 Å². The van der Waals surface area contributed by atoms with Crippen LogP contribution < -0.4 is 10.1 Å². The number of hydrogen-bond acceptors (Lipinski definition) is 4. The van der Waals surface area contributed by atoms with E-state index in [1.54, 1.807) is 25.3 Å². The van der Waals surface area contributed by atoms with Crippen molar-refractivity contribution in [3.05, 3.63) is 65.0 Å². The summed E-state index contributed by atoms with van der Waals surface area (Å²) >= 11 is 0. The predicted octanol–water partition coefficient (Wildman–Crippen LogP) is 2.95. The van der Waals surface area contributed by atoms with Crippen LogP contribution in [0.2, 0.25) is 0 Å². The highest BCUT2D eigenvalue weighted by atomic mass is 19.1. The Morgan fingerprint density at radius 2 is 2.04 bits per heavy atom. The Balaban J connectivity index is 1.78. The zero-order valence-corrected chi connectivity index (χ0v) is 15.7. The van der Waals surface area contributed by atoms with Crippen molar-refractivity contribution in [1.29, 1.82) is 0 Å². The number of ether oxygens (including phenoxy) is 2. The molecule has 1 fully saturated rings. The largest absolute Gasteiger partial charge is 0.496 e. The lowest BCUT2D eigenvalue weighted by Crippen LogP contribution is -2.43. The van der Waals surface area contributed by atoms with Crippen molar-refractivity contribution in [3.8, 4) is 5.75 Å². The lowest BCUT2D eigenvalue weighted by atomic mass is 10.0. The van der Waals surface area contributed by atoms with Gasteiger partial charge in [-0.1, -0.05) is 23.8 Å². The molecule has 2 aromatic carbocycles. The van der Waals surface area contributed by atoms with E-state index in [-0.39, 0.29) is 17.8 Å². The molecule has 5 nitrogen and oxygen atoms in total. The number of carbonyl (C=O) groups excluding carboxylic acids is 1. The summed E-state index contributed by atoms with van der Waals surface area (Å²) in [4.78, 5) is 15.0. The number of amides is 1. The molecule has 1 saturated heterocycles. The van der Waals surface area contributed by atoms with Gasteiger partial charge in [-0.3, -0.25) is 9.69 Å². The molecule has 0 radical (unpaired) electrons. The minimum atomic E-state index is -0.280. The molecule has 3 rings (SSSR count). The highest BCUT2D eigenvalue weighted by molar-refractivity contribution is 5.97. The number of rotatable bonds is 6. The molecule has 144 valence electrons. The summed E-state index contributed by atoms with van der Waals surface area (Å²) in [6.07, 6.45) is 0. The van der Waals surface area contributed by atoms with Crippen molar-refractivity contribution in [2.75, 3.05) is 40.0 Å². The fourth-order valence-electron chi connectivity index (χ4n) is 3.34. The topological polar surface area (TPSA) is 50.8 Å². The number of carbonyl (C=O) groups is 1. The highest BCUT2D eigenvalue weighted by Crippen LogP contribution is 2.23. The second-order valence-electron chi connectivity index (χ2n) is 6.63. The van der Waals surface area contributed by atoms with Crippen LogP contribution in [-0.2, 0) is 4.74 Å². The van der Waals surface area contributed by atoms with Gasteiger partial charge in [-0.25, -0.2) is 4.39 Å². The Labute approximate surface area is 159 Å². The van der Waals surface area contributed by atoms with E-state index in [9.17, 15) is 9.18 Å². The summed E-state index contributed by atoms with van der Waals surface area (Å²) in [5, 5.41) is 2.99. The maximum absolute atomic E-state index is 13.8. The van der Waals surface area contributed by atoms with Crippen LogP contribution in [0.25, 0.3) is 0 Å². The molecule has 6 heteroatoms. The highest BCUT2D eigenvalue weighted by Gasteiger charge is 2.24. The van der Waals surface area contributed by atoms with E-state index in [0.29, 0.717) is 31.1 Å². The van der Waals surface area contributed by atoms with E-state index in [0.717, 1.165) is 24.2 Å². The first-order valence-electron chi connectivity index (χ1n) is 9.08. The summed E-state index contributed by atoms with van der Waals surface area (Å²) in [5.74, 6) is 0.0504. The van der Waals surface area contributed by atoms with Crippen molar-refractivity contribution in [3.63, 3.8) is 0 Å². The maximum atomic E-state index is 13.8. The Hall–Kier alpha value is -2.44. The summed E-state index contributed by atoms with van der Waals surface area (Å²) in [6, 6.07) is 11.9. The minimum absolute atomic E-state index is 0.121. The fourth-order valence-corrected chi connectivity index (χ4v) is 3.34.